The van der Waals surface area contributed by atoms with Gasteiger partial charge in [-0.2, -0.15) is 9.40 Å². The number of rotatable bonds is 4. The fraction of sp³-hybridized carbons (Fsp3) is 0.364. The maximum Gasteiger partial charge on any atom is 0.250 e. The van der Waals surface area contributed by atoms with Crippen LogP contribution in [0.5, 0.6) is 0 Å². The molecule has 2 aliphatic rings. The molecule has 4 heterocycles. The Morgan fingerprint density at radius 2 is 1.83 bits per heavy atom. The molecule has 30 heavy (non-hydrogen) atoms. The molecular weight excluding hydrogens is 400 g/mol. The molecule has 2 atom stereocenters. The SMILES string of the molecule is Cc1nn(Cc2ccccc2)cc1S(=O)(=O)N1CC2CC(C1)c1cccc(=O)n1C2. The summed E-state index contributed by atoms with van der Waals surface area (Å²) in [5.41, 5.74) is 2.52. The summed E-state index contributed by atoms with van der Waals surface area (Å²) in [5.74, 6) is 0.187. The molecule has 3 aromatic rings. The second-order valence-corrected chi connectivity index (χ2v) is 10.2. The number of fused-ring (bicyclic) bond motifs is 4. The Labute approximate surface area is 175 Å². The van der Waals surface area contributed by atoms with Crippen LogP contribution < -0.4 is 5.56 Å². The van der Waals surface area contributed by atoms with Crippen molar-refractivity contribution in [3.05, 3.63) is 82.0 Å². The molecule has 2 bridgehead atoms. The Morgan fingerprint density at radius 1 is 1.03 bits per heavy atom. The summed E-state index contributed by atoms with van der Waals surface area (Å²) < 4.78 is 32.1. The Morgan fingerprint density at radius 3 is 2.63 bits per heavy atom. The molecule has 0 aliphatic carbocycles. The summed E-state index contributed by atoms with van der Waals surface area (Å²) in [6.45, 7) is 3.67. The van der Waals surface area contributed by atoms with Crippen LogP contribution in [0.3, 0.4) is 0 Å². The van der Waals surface area contributed by atoms with E-state index in [2.05, 4.69) is 5.10 Å². The maximum atomic E-state index is 13.5. The molecule has 2 aliphatic heterocycles. The molecule has 2 unspecified atom stereocenters. The molecular formula is C22H24N4O3S. The molecule has 0 amide bonds. The fourth-order valence-corrected chi connectivity index (χ4v) is 6.52. The minimum atomic E-state index is -3.66. The number of sulfonamides is 1. The lowest BCUT2D eigenvalue weighted by atomic mass is 9.84. The molecule has 5 rings (SSSR count). The summed E-state index contributed by atoms with van der Waals surface area (Å²) in [7, 11) is -3.66. The highest BCUT2D eigenvalue weighted by molar-refractivity contribution is 7.89. The Bertz CT molecular complexity index is 1250. The third kappa shape index (κ3) is 3.30. The fourth-order valence-electron chi connectivity index (χ4n) is 4.79. The van der Waals surface area contributed by atoms with Crippen LogP contribution in [-0.4, -0.2) is 40.2 Å². The van der Waals surface area contributed by atoms with Gasteiger partial charge in [-0.1, -0.05) is 36.4 Å². The summed E-state index contributed by atoms with van der Waals surface area (Å²) in [5, 5.41) is 4.45. The zero-order valence-electron chi connectivity index (χ0n) is 16.8. The first-order valence-electron chi connectivity index (χ1n) is 10.2. The minimum absolute atomic E-state index is 0.00320. The molecule has 0 saturated carbocycles. The largest absolute Gasteiger partial charge is 0.312 e. The average molecular weight is 425 g/mol. The van der Waals surface area contributed by atoms with Crippen LogP contribution in [0.25, 0.3) is 0 Å². The molecule has 8 heteroatoms. The predicted octanol–water partition coefficient (Wildman–Crippen LogP) is 2.21. The van der Waals surface area contributed by atoms with Gasteiger partial charge in [0.1, 0.15) is 4.90 Å². The van der Waals surface area contributed by atoms with Crippen LogP contribution in [-0.2, 0) is 23.1 Å². The smallest absolute Gasteiger partial charge is 0.250 e. The number of benzene rings is 1. The van der Waals surface area contributed by atoms with Crippen molar-refractivity contribution in [1.29, 1.82) is 0 Å². The Balaban J connectivity index is 1.43. The number of hydrogen-bond acceptors (Lipinski definition) is 4. The average Bonchev–Trinajstić information content (AvgIpc) is 3.10. The van der Waals surface area contributed by atoms with Gasteiger partial charge in [-0.05, 0) is 30.9 Å². The first-order valence-corrected chi connectivity index (χ1v) is 11.6. The summed E-state index contributed by atoms with van der Waals surface area (Å²) in [6, 6.07) is 15.1. The van der Waals surface area contributed by atoms with Crippen molar-refractivity contribution in [3.63, 3.8) is 0 Å². The van der Waals surface area contributed by atoms with Crippen molar-refractivity contribution in [2.75, 3.05) is 13.1 Å². The molecule has 0 radical (unpaired) electrons. The molecule has 0 spiro atoms. The lowest BCUT2D eigenvalue weighted by Crippen LogP contribution is -2.49. The first kappa shape index (κ1) is 19.3. The predicted molar refractivity (Wildman–Crippen MR) is 113 cm³/mol. The maximum absolute atomic E-state index is 13.5. The van der Waals surface area contributed by atoms with Gasteiger partial charge in [0, 0.05) is 43.5 Å². The zero-order valence-corrected chi connectivity index (χ0v) is 17.6. The van der Waals surface area contributed by atoms with E-state index >= 15 is 0 Å². The number of aromatic nitrogens is 3. The summed E-state index contributed by atoms with van der Waals surface area (Å²) >= 11 is 0. The molecule has 7 nitrogen and oxygen atoms in total. The number of aryl methyl sites for hydroxylation is 1. The molecule has 1 saturated heterocycles. The van der Waals surface area contributed by atoms with Gasteiger partial charge in [0.25, 0.3) is 5.56 Å². The normalized spacial score (nSPS) is 21.4. The molecule has 0 N–H and O–H groups in total. The first-order chi connectivity index (χ1) is 14.4. The third-order valence-corrected chi connectivity index (χ3v) is 8.09. The van der Waals surface area contributed by atoms with Gasteiger partial charge in [0.15, 0.2) is 0 Å². The van der Waals surface area contributed by atoms with Crippen LogP contribution in [0.4, 0.5) is 0 Å². The van der Waals surface area contributed by atoms with Crippen molar-refractivity contribution < 1.29 is 8.42 Å². The monoisotopic (exact) mass is 424 g/mol. The van der Waals surface area contributed by atoms with E-state index in [4.69, 9.17) is 0 Å². The zero-order chi connectivity index (χ0) is 20.9. The van der Waals surface area contributed by atoms with Crippen molar-refractivity contribution in [3.8, 4) is 0 Å². The highest BCUT2D eigenvalue weighted by Gasteiger charge is 2.40. The van der Waals surface area contributed by atoms with Gasteiger partial charge in [-0.3, -0.25) is 9.48 Å². The van der Waals surface area contributed by atoms with Crippen LogP contribution in [0.2, 0.25) is 0 Å². The standard InChI is InChI=1S/C22H24N4O3S/c1-16-21(15-24(23-16)11-17-6-3-2-4-7-17)30(28,29)25-12-18-10-19(14-25)20-8-5-9-22(27)26(20)13-18/h2-9,15,18-19H,10-14H2,1H3. The van der Waals surface area contributed by atoms with Crippen LogP contribution in [0.1, 0.15) is 29.3 Å². The van der Waals surface area contributed by atoms with E-state index in [0.717, 1.165) is 17.7 Å². The topological polar surface area (TPSA) is 77.2 Å². The Kier molecular flexibility index (Phi) is 4.63. The van der Waals surface area contributed by atoms with E-state index in [9.17, 15) is 13.2 Å². The quantitative estimate of drug-likeness (QED) is 0.643. The van der Waals surface area contributed by atoms with Gasteiger partial charge in [0.2, 0.25) is 10.0 Å². The minimum Gasteiger partial charge on any atom is -0.312 e. The molecule has 1 fully saturated rings. The van der Waals surface area contributed by atoms with Crippen molar-refractivity contribution in [2.45, 2.75) is 37.2 Å². The van der Waals surface area contributed by atoms with Gasteiger partial charge in [-0.15, -0.1) is 0 Å². The van der Waals surface area contributed by atoms with Gasteiger partial charge < -0.3 is 4.57 Å². The second kappa shape index (κ2) is 7.21. The Hall–Kier alpha value is -2.71. The summed E-state index contributed by atoms with van der Waals surface area (Å²) in [6.07, 6.45) is 2.56. The van der Waals surface area contributed by atoms with E-state index in [1.807, 2.05) is 41.0 Å². The van der Waals surface area contributed by atoms with E-state index in [1.165, 1.54) is 0 Å². The lowest BCUT2D eigenvalue weighted by molar-refractivity contribution is 0.186. The third-order valence-electron chi connectivity index (χ3n) is 6.15. The second-order valence-electron chi connectivity index (χ2n) is 8.28. The number of nitrogens with zero attached hydrogens (tertiary/aromatic N) is 4. The van der Waals surface area contributed by atoms with E-state index < -0.39 is 10.0 Å². The van der Waals surface area contributed by atoms with E-state index in [0.29, 0.717) is 31.9 Å². The van der Waals surface area contributed by atoms with Crippen molar-refractivity contribution in [1.82, 2.24) is 18.7 Å². The molecule has 1 aromatic carbocycles. The van der Waals surface area contributed by atoms with Gasteiger partial charge >= 0.3 is 0 Å². The highest BCUT2D eigenvalue weighted by Crippen LogP contribution is 2.37. The number of piperidine rings is 1. The van der Waals surface area contributed by atoms with Gasteiger partial charge in [-0.25, -0.2) is 8.42 Å². The number of hydrogen-bond donors (Lipinski definition) is 0. The highest BCUT2D eigenvalue weighted by atomic mass is 32.2. The van der Waals surface area contributed by atoms with E-state index in [-0.39, 0.29) is 22.3 Å². The van der Waals surface area contributed by atoms with Crippen LogP contribution >= 0.6 is 0 Å². The summed E-state index contributed by atoms with van der Waals surface area (Å²) in [4.78, 5) is 12.5. The molecule has 2 aromatic heterocycles. The van der Waals surface area contributed by atoms with E-state index in [1.54, 1.807) is 34.2 Å². The number of pyridine rings is 1. The van der Waals surface area contributed by atoms with Crippen LogP contribution in [0, 0.1) is 12.8 Å². The van der Waals surface area contributed by atoms with Gasteiger partial charge in [0.05, 0.1) is 12.2 Å². The van der Waals surface area contributed by atoms with Crippen molar-refractivity contribution >= 4 is 10.0 Å². The lowest BCUT2D eigenvalue weighted by Gasteiger charge is -2.41. The molecule has 156 valence electrons. The van der Waals surface area contributed by atoms with Crippen LogP contribution in [0.15, 0.2) is 64.4 Å². The van der Waals surface area contributed by atoms with Crippen molar-refractivity contribution in [2.24, 2.45) is 5.92 Å².